The van der Waals surface area contributed by atoms with Gasteiger partial charge in [0, 0.05) is 12.6 Å². The van der Waals surface area contributed by atoms with Crippen LogP contribution in [0.1, 0.15) is 92.3 Å². The van der Waals surface area contributed by atoms with Crippen molar-refractivity contribution >= 4 is 35.3 Å². The van der Waals surface area contributed by atoms with Crippen LogP contribution in [0.2, 0.25) is 0 Å². The second-order valence-corrected chi connectivity index (χ2v) is 14.4. The maximum atomic E-state index is 14.4. The molecule has 3 aliphatic rings. The highest BCUT2D eigenvalue weighted by Gasteiger charge is 2.52. The molecule has 254 valence electrons. The number of aromatic nitrogens is 4. The van der Waals surface area contributed by atoms with Crippen molar-refractivity contribution in [1.29, 1.82) is 0 Å². The molecule has 0 radical (unpaired) electrons. The van der Waals surface area contributed by atoms with Crippen LogP contribution < -0.4 is 21.3 Å². The molecule has 1 aromatic heterocycles. The predicted octanol–water partition coefficient (Wildman–Crippen LogP) is 0.174. The first-order valence-electron chi connectivity index (χ1n) is 16.5. The third-order valence-corrected chi connectivity index (χ3v) is 9.16. The number of fused-ring (bicyclic) bond motifs is 1. The molecular formula is C31H49N9O6. The van der Waals surface area contributed by atoms with Crippen molar-refractivity contribution in [1.82, 2.24) is 46.8 Å². The molecule has 1 aliphatic heterocycles. The third-order valence-electron chi connectivity index (χ3n) is 9.16. The zero-order chi connectivity index (χ0) is 33.8. The molecule has 15 nitrogen and oxygen atoms in total. The molecule has 4 rings (SSSR count). The van der Waals surface area contributed by atoms with E-state index in [-0.39, 0.29) is 36.0 Å². The molecule has 0 aromatic carbocycles. The van der Waals surface area contributed by atoms with Crippen LogP contribution in [0.15, 0.2) is 0 Å². The summed E-state index contributed by atoms with van der Waals surface area (Å²) in [6.45, 7) is 11.3. The van der Waals surface area contributed by atoms with Crippen LogP contribution in [-0.2, 0) is 35.2 Å². The van der Waals surface area contributed by atoms with Crippen molar-refractivity contribution < 1.29 is 28.8 Å². The molecule has 3 fully saturated rings. The van der Waals surface area contributed by atoms with Crippen LogP contribution in [0.3, 0.4) is 0 Å². The lowest BCUT2D eigenvalue weighted by atomic mass is 9.85. The normalized spacial score (nSPS) is 22.8. The quantitative estimate of drug-likeness (QED) is 0.175. The van der Waals surface area contributed by atoms with Gasteiger partial charge in [0.1, 0.15) is 18.1 Å². The molecule has 5 amide bonds. The molecule has 15 heteroatoms. The Bertz CT molecular complexity index is 1290. The fraction of sp³-hybridized carbons (Fsp3) is 0.774. The van der Waals surface area contributed by atoms with E-state index in [0.717, 1.165) is 32.1 Å². The Hall–Kier alpha value is -3.91. The number of carbonyl (C=O) groups is 6. The number of tetrazole rings is 1. The van der Waals surface area contributed by atoms with E-state index in [2.05, 4.69) is 41.9 Å². The first-order chi connectivity index (χ1) is 21.7. The molecule has 2 saturated carbocycles. The maximum absolute atomic E-state index is 14.4. The van der Waals surface area contributed by atoms with E-state index < -0.39 is 64.9 Å². The van der Waals surface area contributed by atoms with E-state index in [1.165, 1.54) is 0 Å². The molecule has 46 heavy (non-hydrogen) atoms. The van der Waals surface area contributed by atoms with E-state index in [9.17, 15) is 28.8 Å². The van der Waals surface area contributed by atoms with Crippen molar-refractivity contribution in [2.75, 3.05) is 6.54 Å². The van der Waals surface area contributed by atoms with Crippen LogP contribution in [-0.4, -0.2) is 97.6 Å². The fourth-order valence-corrected chi connectivity index (χ4v) is 6.53. The number of aromatic amines is 1. The number of likely N-dealkylation sites (tertiary alicyclic amines) is 1. The summed E-state index contributed by atoms with van der Waals surface area (Å²) in [5, 5.41) is 24.4. The fourth-order valence-electron chi connectivity index (χ4n) is 6.53. The Morgan fingerprint density at radius 3 is 2.30 bits per heavy atom. The van der Waals surface area contributed by atoms with Crippen molar-refractivity contribution in [3.8, 4) is 0 Å². The van der Waals surface area contributed by atoms with Gasteiger partial charge in [0.25, 0.3) is 5.91 Å². The Balaban J connectivity index is 1.51. The minimum atomic E-state index is -1.01. The zero-order valence-electron chi connectivity index (χ0n) is 27.7. The molecule has 5 N–H and O–H groups in total. The molecular weight excluding hydrogens is 594 g/mol. The number of H-pyrrole nitrogens is 1. The molecule has 2 aliphatic carbocycles. The lowest BCUT2D eigenvalue weighted by molar-refractivity contribution is -0.146. The van der Waals surface area contributed by atoms with Gasteiger partial charge in [0.15, 0.2) is 5.82 Å². The smallest absolute Gasteiger partial charge is 0.289 e. The minimum absolute atomic E-state index is 0.00948. The van der Waals surface area contributed by atoms with Gasteiger partial charge in [-0.1, -0.05) is 59.6 Å². The summed E-state index contributed by atoms with van der Waals surface area (Å²) in [6.07, 6.45) is 4.93. The van der Waals surface area contributed by atoms with Gasteiger partial charge in [-0.15, -0.1) is 10.2 Å². The highest BCUT2D eigenvalue weighted by Crippen LogP contribution is 2.43. The summed E-state index contributed by atoms with van der Waals surface area (Å²) in [5.74, 6) is -3.34. The maximum Gasteiger partial charge on any atom is 0.289 e. The lowest BCUT2D eigenvalue weighted by Crippen LogP contribution is -2.62. The highest BCUT2D eigenvalue weighted by atomic mass is 16.2. The Morgan fingerprint density at radius 1 is 1.00 bits per heavy atom. The number of amides is 5. The second-order valence-electron chi connectivity index (χ2n) is 14.4. The van der Waals surface area contributed by atoms with Crippen molar-refractivity contribution in [3.63, 3.8) is 0 Å². The van der Waals surface area contributed by atoms with Gasteiger partial charge in [-0.25, -0.2) is 0 Å². The summed E-state index contributed by atoms with van der Waals surface area (Å²) < 4.78 is 0. The number of nitrogens with zero attached hydrogens (tertiary/aromatic N) is 4. The van der Waals surface area contributed by atoms with Crippen molar-refractivity contribution in [3.05, 3.63) is 5.82 Å². The predicted molar refractivity (Wildman–Crippen MR) is 165 cm³/mol. The van der Waals surface area contributed by atoms with Gasteiger partial charge in [-0.2, -0.15) is 5.21 Å². The van der Waals surface area contributed by atoms with Crippen LogP contribution >= 0.6 is 0 Å². The lowest BCUT2D eigenvalue weighted by Gasteiger charge is -2.37. The molecule has 1 saturated heterocycles. The number of carbonyl (C=O) groups excluding carboxylic acids is 6. The number of ketones is 1. The zero-order valence-corrected chi connectivity index (χ0v) is 27.7. The summed E-state index contributed by atoms with van der Waals surface area (Å²) in [4.78, 5) is 81.8. The average Bonchev–Trinajstić information content (AvgIpc) is 3.32. The number of Topliss-reactive ketones (excluding diaryl/α,β-unsaturated/α-hetero) is 1. The number of nitrogens with one attached hydrogen (secondary N) is 5. The standard InChI is InChI=1S/C31H49N9O6/c1-7-9-20(25(42)29(45)32-18-12-13-18)33-28(44)24-19-11-8-10-17(19)15-40(24)30(46)26(31(4,5)6)35-27(43)23(16(2)3)34-22(41)14-21-36-38-39-37-21/h16-20,23-24,26H,7-15H2,1-6H3,(H,32,45)(H,33,44)(H,34,41)(H,35,43)(H,36,37,38,39)/t17-,19-,20?,23-,24-,26+/m0/s1. The monoisotopic (exact) mass is 643 g/mol. The molecule has 1 aromatic rings. The first-order valence-corrected chi connectivity index (χ1v) is 16.5. The number of rotatable bonds is 14. The van der Waals surface area contributed by atoms with Gasteiger partial charge in [0.05, 0.1) is 12.5 Å². The van der Waals surface area contributed by atoms with E-state index in [0.29, 0.717) is 19.4 Å². The Kier molecular flexibility index (Phi) is 11.1. The second kappa shape index (κ2) is 14.7. The number of hydrogen-bond acceptors (Lipinski definition) is 9. The van der Waals surface area contributed by atoms with Crippen molar-refractivity contribution in [2.45, 2.75) is 123 Å². The first kappa shape index (κ1) is 35.0. The van der Waals surface area contributed by atoms with E-state index in [1.54, 1.807) is 18.7 Å². The minimum Gasteiger partial charge on any atom is -0.347 e. The molecule has 2 heterocycles. The van der Waals surface area contributed by atoms with E-state index >= 15 is 0 Å². The molecule has 0 spiro atoms. The average molecular weight is 644 g/mol. The SMILES string of the molecule is CCCC(NC(=O)[C@@H]1[C@H]2CCC[C@H]2CN1C(=O)[C@@H](NC(=O)[C@@H](NC(=O)Cc1nn[nH]n1)C(C)C)C(C)(C)C)C(=O)C(=O)NC1CC1. The summed E-state index contributed by atoms with van der Waals surface area (Å²) in [7, 11) is 0. The topological polar surface area (TPSA) is 208 Å². The van der Waals surface area contributed by atoms with Gasteiger partial charge < -0.3 is 26.2 Å². The van der Waals surface area contributed by atoms with Crippen LogP contribution in [0.5, 0.6) is 0 Å². The van der Waals surface area contributed by atoms with Crippen molar-refractivity contribution in [2.24, 2.45) is 23.2 Å². The van der Waals surface area contributed by atoms with Gasteiger partial charge >= 0.3 is 0 Å². The molecule has 6 atom stereocenters. The van der Waals surface area contributed by atoms with E-state index in [4.69, 9.17) is 0 Å². The van der Waals surface area contributed by atoms with Gasteiger partial charge in [-0.05, 0) is 55.3 Å². The third kappa shape index (κ3) is 8.46. The molecule has 1 unspecified atom stereocenters. The van der Waals surface area contributed by atoms with Crippen LogP contribution in [0.25, 0.3) is 0 Å². The summed E-state index contributed by atoms with van der Waals surface area (Å²) in [5.41, 5.74) is -0.747. The summed E-state index contributed by atoms with van der Waals surface area (Å²) in [6, 6.07) is -3.78. The largest absolute Gasteiger partial charge is 0.347 e. The van der Waals surface area contributed by atoms with Crippen LogP contribution in [0.4, 0.5) is 0 Å². The van der Waals surface area contributed by atoms with Crippen LogP contribution in [0, 0.1) is 23.2 Å². The number of hydrogen-bond donors (Lipinski definition) is 5. The van der Waals surface area contributed by atoms with Gasteiger partial charge in [0.2, 0.25) is 29.4 Å². The Morgan fingerprint density at radius 2 is 1.72 bits per heavy atom. The highest BCUT2D eigenvalue weighted by molar-refractivity contribution is 6.38. The summed E-state index contributed by atoms with van der Waals surface area (Å²) >= 11 is 0. The Labute approximate surface area is 269 Å². The van der Waals surface area contributed by atoms with E-state index in [1.807, 2.05) is 27.7 Å². The van der Waals surface area contributed by atoms with Gasteiger partial charge in [-0.3, -0.25) is 28.8 Å². The molecule has 0 bridgehead atoms.